The molecule has 4 rings (SSSR count). The second-order valence-electron chi connectivity index (χ2n) is 15.1. The smallest absolute Gasteiger partial charge is 0.302 e. The molecule has 0 spiro atoms. The number of hydrogen-bond donors (Lipinski definition) is 0. The zero-order valence-corrected chi connectivity index (χ0v) is 24.1. The van der Waals surface area contributed by atoms with Gasteiger partial charge in [-0.3, -0.25) is 4.79 Å². The van der Waals surface area contributed by atoms with E-state index >= 15 is 0 Å². The third-order valence-electron chi connectivity index (χ3n) is 12.9. The lowest BCUT2D eigenvalue weighted by Gasteiger charge is -2.67. The highest BCUT2D eigenvalue weighted by Crippen LogP contribution is 2.74. The standard InChI is InChI=1S/C32H56O2/c1-21(2)11-10-12-22(3)24-15-19-32(9)26-13-14-27-29(5,6)28(34-23(4)33)17-18-30(27,7)25(26)16-20-31(24,32)8/h21-22,24-28H,10-20H2,1-9H3. The first-order valence-electron chi connectivity index (χ1n) is 14.9. The third-order valence-corrected chi connectivity index (χ3v) is 12.9. The van der Waals surface area contributed by atoms with E-state index in [0.717, 1.165) is 36.0 Å². The Bertz CT molecular complexity index is 754. The van der Waals surface area contributed by atoms with Crippen molar-refractivity contribution >= 4 is 5.97 Å². The van der Waals surface area contributed by atoms with Gasteiger partial charge in [-0.2, -0.15) is 0 Å². The minimum Gasteiger partial charge on any atom is -0.462 e. The van der Waals surface area contributed by atoms with Crippen molar-refractivity contribution in [2.75, 3.05) is 0 Å². The molecule has 9 unspecified atom stereocenters. The zero-order chi connectivity index (χ0) is 25.1. The molecule has 4 aliphatic carbocycles. The van der Waals surface area contributed by atoms with Crippen LogP contribution in [0.1, 0.15) is 133 Å². The molecule has 4 fully saturated rings. The highest BCUT2D eigenvalue weighted by atomic mass is 16.5. The Hall–Kier alpha value is -0.530. The summed E-state index contributed by atoms with van der Waals surface area (Å²) in [4.78, 5) is 11.8. The quantitative estimate of drug-likeness (QED) is 0.360. The summed E-state index contributed by atoms with van der Waals surface area (Å²) in [5.41, 5.74) is 1.49. The van der Waals surface area contributed by atoms with Crippen LogP contribution >= 0.6 is 0 Å². The number of rotatable bonds is 6. The van der Waals surface area contributed by atoms with Crippen molar-refractivity contribution in [3.05, 3.63) is 0 Å². The van der Waals surface area contributed by atoms with Crippen LogP contribution < -0.4 is 0 Å². The summed E-state index contributed by atoms with van der Waals surface area (Å²) in [6, 6.07) is 0. The van der Waals surface area contributed by atoms with E-state index in [1.165, 1.54) is 64.2 Å². The molecular formula is C32H56O2. The van der Waals surface area contributed by atoms with Gasteiger partial charge in [-0.25, -0.2) is 0 Å². The molecule has 9 atom stereocenters. The van der Waals surface area contributed by atoms with Gasteiger partial charge in [0.05, 0.1) is 0 Å². The number of carbonyl (C=O) groups excluding carboxylic acids is 1. The van der Waals surface area contributed by atoms with Gasteiger partial charge in [-0.05, 0) is 103 Å². The van der Waals surface area contributed by atoms with Gasteiger partial charge in [0.2, 0.25) is 0 Å². The van der Waals surface area contributed by atoms with Crippen molar-refractivity contribution < 1.29 is 9.53 Å². The molecule has 2 nitrogen and oxygen atoms in total. The number of ether oxygens (including phenoxy) is 1. The predicted octanol–water partition coefficient (Wildman–Crippen LogP) is 9.07. The highest BCUT2D eigenvalue weighted by Gasteiger charge is 2.67. The zero-order valence-electron chi connectivity index (χ0n) is 24.1. The Labute approximate surface area is 211 Å². The fourth-order valence-corrected chi connectivity index (χ4v) is 10.9. The first-order valence-corrected chi connectivity index (χ1v) is 14.9. The van der Waals surface area contributed by atoms with Crippen molar-refractivity contribution in [1.82, 2.24) is 0 Å². The Balaban J connectivity index is 1.54. The van der Waals surface area contributed by atoms with Crippen LogP contribution in [0.2, 0.25) is 0 Å². The van der Waals surface area contributed by atoms with Crippen LogP contribution in [0.15, 0.2) is 0 Å². The summed E-state index contributed by atoms with van der Waals surface area (Å²) in [7, 11) is 0. The monoisotopic (exact) mass is 472 g/mol. The van der Waals surface area contributed by atoms with Crippen molar-refractivity contribution in [3.8, 4) is 0 Å². The molecule has 0 radical (unpaired) electrons. The van der Waals surface area contributed by atoms with Gasteiger partial charge in [0.25, 0.3) is 0 Å². The summed E-state index contributed by atoms with van der Waals surface area (Å²) < 4.78 is 5.89. The molecular weight excluding hydrogens is 416 g/mol. The van der Waals surface area contributed by atoms with Gasteiger partial charge in [0.15, 0.2) is 0 Å². The van der Waals surface area contributed by atoms with E-state index in [0.29, 0.717) is 22.2 Å². The van der Waals surface area contributed by atoms with Crippen LogP contribution in [0.5, 0.6) is 0 Å². The van der Waals surface area contributed by atoms with E-state index in [2.05, 4.69) is 55.4 Å². The summed E-state index contributed by atoms with van der Waals surface area (Å²) >= 11 is 0. The normalized spacial score (nSPS) is 46.4. The number of esters is 1. The van der Waals surface area contributed by atoms with E-state index in [-0.39, 0.29) is 17.5 Å². The first-order chi connectivity index (χ1) is 15.8. The largest absolute Gasteiger partial charge is 0.462 e. The molecule has 0 amide bonds. The lowest BCUT2D eigenvalue weighted by atomic mass is 9.38. The van der Waals surface area contributed by atoms with Gasteiger partial charge in [0, 0.05) is 12.3 Å². The van der Waals surface area contributed by atoms with E-state index in [9.17, 15) is 4.79 Å². The topological polar surface area (TPSA) is 26.3 Å². The molecule has 0 bridgehead atoms. The summed E-state index contributed by atoms with van der Waals surface area (Å²) in [6.45, 7) is 21.8. The average Bonchev–Trinajstić information content (AvgIpc) is 3.01. The van der Waals surface area contributed by atoms with Gasteiger partial charge in [-0.15, -0.1) is 0 Å². The van der Waals surface area contributed by atoms with E-state index in [4.69, 9.17) is 4.74 Å². The van der Waals surface area contributed by atoms with Crippen molar-refractivity contribution in [2.24, 2.45) is 57.2 Å². The maximum Gasteiger partial charge on any atom is 0.302 e. The van der Waals surface area contributed by atoms with Crippen LogP contribution in [0, 0.1) is 57.2 Å². The maximum absolute atomic E-state index is 11.8. The minimum atomic E-state index is -0.101. The second kappa shape index (κ2) is 9.09. The number of hydrogen-bond acceptors (Lipinski definition) is 2. The third kappa shape index (κ3) is 4.00. The van der Waals surface area contributed by atoms with Crippen LogP contribution in [0.25, 0.3) is 0 Å². The summed E-state index contributed by atoms with van der Waals surface area (Å²) in [5, 5.41) is 0. The molecule has 0 heterocycles. The van der Waals surface area contributed by atoms with Gasteiger partial charge in [-0.1, -0.05) is 74.7 Å². The molecule has 0 N–H and O–H groups in total. The molecule has 4 saturated carbocycles. The molecule has 0 aliphatic heterocycles. The molecule has 0 saturated heterocycles. The van der Waals surface area contributed by atoms with Gasteiger partial charge < -0.3 is 4.74 Å². The fraction of sp³-hybridized carbons (Fsp3) is 0.969. The Kier molecular flexibility index (Phi) is 7.09. The molecule has 4 aliphatic rings. The van der Waals surface area contributed by atoms with Crippen LogP contribution in [0.4, 0.5) is 0 Å². The van der Waals surface area contributed by atoms with Crippen LogP contribution in [-0.4, -0.2) is 12.1 Å². The Morgan fingerprint density at radius 2 is 1.50 bits per heavy atom. The summed E-state index contributed by atoms with van der Waals surface area (Å²) in [6.07, 6.45) is 15.1. The minimum absolute atomic E-state index is 0.0778. The number of fused-ring (bicyclic) bond motifs is 5. The van der Waals surface area contributed by atoms with E-state index in [1.807, 2.05) is 0 Å². The van der Waals surface area contributed by atoms with Crippen LogP contribution in [-0.2, 0) is 9.53 Å². The summed E-state index contributed by atoms with van der Waals surface area (Å²) in [5.74, 6) is 4.90. The fourth-order valence-electron chi connectivity index (χ4n) is 10.9. The Morgan fingerprint density at radius 1 is 0.824 bits per heavy atom. The van der Waals surface area contributed by atoms with E-state index < -0.39 is 0 Å². The molecule has 196 valence electrons. The van der Waals surface area contributed by atoms with Gasteiger partial charge >= 0.3 is 5.97 Å². The molecule has 2 heteroatoms. The Morgan fingerprint density at radius 3 is 2.15 bits per heavy atom. The van der Waals surface area contributed by atoms with Crippen molar-refractivity contribution in [2.45, 2.75) is 139 Å². The van der Waals surface area contributed by atoms with E-state index in [1.54, 1.807) is 6.92 Å². The lowest BCUT2D eigenvalue weighted by molar-refractivity contribution is -0.209. The average molecular weight is 473 g/mol. The van der Waals surface area contributed by atoms with Crippen molar-refractivity contribution in [3.63, 3.8) is 0 Å². The van der Waals surface area contributed by atoms with Crippen molar-refractivity contribution in [1.29, 1.82) is 0 Å². The predicted molar refractivity (Wildman–Crippen MR) is 142 cm³/mol. The second-order valence-corrected chi connectivity index (χ2v) is 15.1. The molecule has 0 aromatic heterocycles. The maximum atomic E-state index is 11.8. The highest BCUT2D eigenvalue weighted by molar-refractivity contribution is 5.66. The molecule has 0 aromatic carbocycles. The number of carbonyl (C=O) groups is 1. The van der Waals surface area contributed by atoms with Crippen LogP contribution in [0.3, 0.4) is 0 Å². The molecule has 34 heavy (non-hydrogen) atoms. The first kappa shape index (κ1) is 26.5. The molecule has 0 aromatic rings. The van der Waals surface area contributed by atoms with Gasteiger partial charge in [0.1, 0.15) is 6.10 Å². The lowest BCUT2D eigenvalue weighted by Crippen LogP contribution is -2.62. The SMILES string of the molecule is CC(=O)OC1CCC2(C)C3CCC4(C)C(C(C)CCCC(C)C)CCC4(C)C3CCC2C1(C)C.